The Balaban J connectivity index is 2.53. The fraction of sp³-hybridized carbons (Fsp3) is 0.417. The largest absolute Gasteiger partial charge is 0.350 e. The fourth-order valence-corrected chi connectivity index (χ4v) is 1.38. The summed E-state index contributed by atoms with van der Waals surface area (Å²) < 4.78 is 0. The van der Waals surface area contributed by atoms with Gasteiger partial charge in [0.25, 0.3) is 5.91 Å². The lowest BCUT2D eigenvalue weighted by Crippen LogP contribution is -2.45. The Morgan fingerprint density at radius 1 is 1.37 bits per heavy atom. The number of amides is 2. The van der Waals surface area contributed by atoms with Crippen LogP contribution >= 0.6 is 0 Å². The summed E-state index contributed by atoms with van der Waals surface area (Å²) in [6, 6.07) is 3.04. The van der Waals surface area contributed by atoms with Crippen LogP contribution in [0.15, 0.2) is 18.3 Å². The van der Waals surface area contributed by atoms with E-state index in [4.69, 9.17) is 5.84 Å². The Labute approximate surface area is 111 Å². The standard InChI is InChI=1S/C12H19N5O2/c1-12(2,3)16-10(18)7-15-11(19)8-4-5-14-9(6-8)17-13/h4-6H,7,13H2,1-3H3,(H,14,17)(H,15,19)(H,16,18). The second kappa shape index (κ2) is 6.14. The molecule has 7 nitrogen and oxygen atoms in total. The van der Waals surface area contributed by atoms with Gasteiger partial charge >= 0.3 is 0 Å². The monoisotopic (exact) mass is 265 g/mol. The first-order valence-corrected chi connectivity index (χ1v) is 5.84. The predicted octanol–water partition coefficient (Wildman–Crippen LogP) is 0.0117. The molecule has 0 spiro atoms. The maximum atomic E-state index is 11.8. The minimum absolute atomic E-state index is 0.0796. The number of anilines is 1. The number of nitrogen functional groups attached to an aromatic ring is 1. The Kier molecular flexibility index (Phi) is 4.82. The molecule has 0 radical (unpaired) electrons. The van der Waals surface area contributed by atoms with Gasteiger partial charge in [0.1, 0.15) is 5.82 Å². The van der Waals surface area contributed by atoms with Crippen molar-refractivity contribution >= 4 is 17.6 Å². The van der Waals surface area contributed by atoms with Gasteiger partial charge in [0.15, 0.2) is 0 Å². The zero-order valence-corrected chi connectivity index (χ0v) is 11.3. The van der Waals surface area contributed by atoms with E-state index in [9.17, 15) is 9.59 Å². The van der Waals surface area contributed by atoms with Crippen LogP contribution < -0.4 is 21.9 Å². The Morgan fingerprint density at radius 3 is 2.63 bits per heavy atom. The third-order valence-electron chi connectivity index (χ3n) is 2.09. The van der Waals surface area contributed by atoms with Crippen molar-refractivity contribution in [2.75, 3.05) is 12.0 Å². The van der Waals surface area contributed by atoms with Gasteiger partial charge in [-0.1, -0.05) is 0 Å². The molecule has 7 heteroatoms. The van der Waals surface area contributed by atoms with Crippen LogP contribution in [0.3, 0.4) is 0 Å². The number of hydrazine groups is 1. The number of aromatic nitrogens is 1. The van der Waals surface area contributed by atoms with E-state index >= 15 is 0 Å². The number of nitrogens with two attached hydrogens (primary N) is 1. The highest BCUT2D eigenvalue weighted by Crippen LogP contribution is 2.04. The summed E-state index contributed by atoms with van der Waals surface area (Å²) >= 11 is 0. The van der Waals surface area contributed by atoms with Crippen molar-refractivity contribution in [3.05, 3.63) is 23.9 Å². The average molecular weight is 265 g/mol. The van der Waals surface area contributed by atoms with Crippen molar-refractivity contribution in [2.45, 2.75) is 26.3 Å². The lowest BCUT2D eigenvalue weighted by Gasteiger charge is -2.20. The highest BCUT2D eigenvalue weighted by atomic mass is 16.2. The predicted molar refractivity (Wildman–Crippen MR) is 72.3 cm³/mol. The molecule has 0 aliphatic heterocycles. The molecule has 0 atom stereocenters. The van der Waals surface area contributed by atoms with Gasteiger partial charge in [-0.2, -0.15) is 0 Å². The molecular weight excluding hydrogens is 246 g/mol. The number of nitrogens with one attached hydrogen (secondary N) is 3. The fourth-order valence-electron chi connectivity index (χ4n) is 1.38. The number of nitrogens with zero attached hydrogens (tertiary/aromatic N) is 1. The van der Waals surface area contributed by atoms with Crippen LogP contribution in [0, 0.1) is 0 Å². The summed E-state index contributed by atoms with van der Waals surface area (Å²) in [5.41, 5.74) is 2.40. The molecule has 0 aliphatic carbocycles. The molecule has 0 bridgehead atoms. The van der Waals surface area contributed by atoms with Gasteiger partial charge < -0.3 is 16.1 Å². The van der Waals surface area contributed by atoms with Crippen LogP contribution in [-0.2, 0) is 4.79 Å². The SMILES string of the molecule is CC(C)(C)NC(=O)CNC(=O)c1ccnc(NN)c1. The molecule has 1 aromatic rings. The van der Waals surface area contributed by atoms with Crippen LogP contribution in [-0.4, -0.2) is 28.9 Å². The van der Waals surface area contributed by atoms with E-state index in [-0.39, 0.29) is 23.9 Å². The van der Waals surface area contributed by atoms with E-state index in [2.05, 4.69) is 21.0 Å². The van der Waals surface area contributed by atoms with E-state index in [0.717, 1.165) is 0 Å². The van der Waals surface area contributed by atoms with Crippen molar-refractivity contribution in [2.24, 2.45) is 5.84 Å². The van der Waals surface area contributed by atoms with Crippen molar-refractivity contribution in [1.82, 2.24) is 15.6 Å². The summed E-state index contributed by atoms with van der Waals surface area (Å²) in [5.74, 6) is 4.98. The van der Waals surface area contributed by atoms with Crippen molar-refractivity contribution < 1.29 is 9.59 Å². The number of hydrogen-bond donors (Lipinski definition) is 4. The summed E-state index contributed by atoms with van der Waals surface area (Å²) in [4.78, 5) is 27.2. The van der Waals surface area contributed by atoms with E-state index in [1.807, 2.05) is 20.8 Å². The molecule has 0 unspecified atom stereocenters. The number of pyridine rings is 1. The molecule has 1 heterocycles. The van der Waals surface area contributed by atoms with Gasteiger partial charge in [0, 0.05) is 17.3 Å². The van der Waals surface area contributed by atoms with Crippen LogP contribution in [0.2, 0.25) is 0 Å². The third kappa shape index (κ3) is 5.35. The van der Waals surface area contributed by atoms with Crippen LogP contribution in [0.25, 0.3) is 0 Å². The zero-order chi connectivity index (χ0) is 14.5. The van der Waals surface area contributed by atoms with Gasteiger partial charge in [0.05, 0.1) is 6.54 Å². The van der Waals surface area contributed by atoms with E-state index in [0.29, 0.717) is 11.4 Å². The van der Waals surface area contributed by atoms with E-state index < -0.39 is 0 Å². The van der Waals surface area contributed by atoms with Gasteiger partial charge in [-0.3, -0.25) is 9.59 Å². The quantitative estimate of drug-likeness (QED) is 0.453. The minimum Gasteiger partial charge on any atom is -0.350 e. The van der Waals surface area contributed by atoms with E-state index in [1.165, 1.54) is 18.3 Å². The Bertz CT molecular complexity index is 467. The lowest BCUT2D eigenvalue weighted by molar-refractivity contribution is -0.121. The molecule has 1 rings (SSSR count). The highest BCUT2D eigenvalue weighted by Gasteiger charge is 2.14. The molecular formula is C12H19N5O2. The molecule has 0 fully saturated rings. The zero-order valence-electron chi connectivity index (χ0n) is 11.3. The van der Waals surface area contributed by atoms with Crippen LogP contribution in [0.4, 0.5) is 5.82 Å². The van der Waals surface area contributed by atoms with Gasteiger partial charge in [0.2, 0.25) is 5.91 Å². The van der Waals surface area contributed by atoms with Crippen LogP contribution in [0.5, 0.6) is 0 Å². The summed E-state index contributed by atoms with van der Waals surface area (Å²) in [6.07, 6.45) is 1.46. The minimum atomic E-state index is -0.358. The van der Waals surface area contributed by atoms with Gasteiger partial charge in [-0.05, 0) is 32.9 Å². The molecule has 104 valence electrons. The number of carbonyl (C=O) groups is 2. The van der Waals surface area contributed by atoms with Gasteiger partial charge in [-0.25, -0.2) is 10.8 Å². The van der Waals surface area contributed by atoms with Crippen molar-refractivity contribution in [3.8, 4) is 0 Å². The molecule has 0 saturated carbocycles. The second-order valence-corrected chi connectivity index (χ2v) is 5.05. The Hall–Kier alpha value is -2.15. The first-order chi connectivity index (χ1) is 8.81. The molecule has 19 heavy (non-hydrogen) atoms. The Morgan fingerprint density at radius 2 is 2.05 bits per heavy atom. The topological polar surface area (TPSA) is 109 Å². The molecule has 2 amide bonds. The molecule has 0 aromatic carbocycles. The molecule has 0 saturated heterocycles. The molecule has 0 aliphatic rings. The maximum Gasteiger partial charge on any atom is 0.251 e. The first-order valence-electron chi connectivity index (χ1n) is 5.84. The maximum absolute atomic E-state index is 11.8. The lowest BCUT2D eigenvalue weighted by atomic mass is 10.1. The number of rotatable bonds is 4. The second-order valence-electron chi connectivity index (χ2n) is 5.05. The summed E-state index contributed by atoms with van der Waals surface area (Å²) in [5, 5.41) is 5.28. The first kappa shape index (κ1) is 14.9. The normalized spacial score (nSPS) is 10.7. The third-order valence-corrected chi connectivity index (χ3v) is 2.09. The van der Waals surface area contributed by atoms with Crippen LogP contribution in [0.1, 0.15) is 31.1 Å². The van der Waals surface area contributed by atoms with E-state index in [1.54, 1.807) is 0 Å². The van der Waals surface area contributed by atoms with Gasteiger partial charge in [-0.15, -0.1) is 0 Å². The average Bonchev–Trinajstić information content (AvgIpc) is 2.34. The van der Waals surface area contributed by atoms with Crippen molar-refractivity contribution in [1.29, 1.82) is 0 Å². The molecule has 1 aromatic heterocycles. The smallest absolute Gasteiger partial charge is 0.251 e. The summed E-state index contributed by atoms with van der Waals surface area (Å²) in [6.45, 7) is 5.53. The number of hydrogen-bond acceptors (Lipinski definition) is 5. The highest BCUT2D eigenvalue weighted by molar-refractivity contribution is 5.96. The van der Waals surface area contributed by atoms with Crippen molar-refractivity contribution in [3.63, 3.8) is 0 Å². The number of carbonyl (C=O) groups excluding carboxylic acids is 2. The molecule has 5 N–H and O–H groups in total. The summed E-state index contributed by atoms with van der Waals surface area (Å²) in [7, 11) is 0.